The van der Waals surface area contributed by atoms with E-state index in [1.165, 1.54) is 23.5 Å². The first kappa shape index (κ1) is 15.5. The molecule has 0 amide bonds. The Kier molecular flexibility index (Phi) is 4.04. The van der Waals surface area contributed by atoms with Crippen LogP contribution in [0.4, 0.5) is 0 Å². The Bertz CT molecular complexity index is 861. The fourth-order valence-electron chi connectivity index (χ4n) is 3.51. The molecule has 0 N–H and O–H groups in total. The molecule has 2 fully saturated rings. The largest absolute Gasteiger partial charge is 0.356 e. The van der Waals surface area contributed by atoms with Crippen molar-refractivity contribution in [3.05, 3.63) is 46.0 Å². The van der Waals surface area contributed by atoms with E-state index in [1.807, 2.05) is 29.5 Å². The van der Waals surface area contributed by atoms with Crippen molar-refractivity contribution >= 4 is 22.3 Å². The Morgan fingerprint density at radius 2 is 1.80 bits per heavy atom. The second-order valence-corrected chi connectivity index (χ2v) is 8.02. The standard InChI is InChI=1S/C19H22N4OS/c1-2-4-18-16(3-1)17(21-24-18)12-23-9-7-22(8-10-23)11-15-13-25-19(20-15)14-5-6-14/h1-4,13-14H,5-12H2. The average molecular weight is 354 g/mol. The van der Waals surface area contributed by atoms with Crippen molar-refractivity contribution in [1.82, 2.24) is 19.9 Å². The van der Waals surface area contributed by atoms with Crippen molar-refractivity contribution in [1.29, 1.82) is 0 Å². The predicted octanol–water partition coefficient (Wildman–Crippen LogP) is 3.48. The minimum absolute atomic E-state index is 0.771. The lowest BCUT2D eigenvalue weighted by Gasteiger charge is -2.33. The number of hydrogen-bond acceptors (Lipinski definition) is 6. The molecule has 3 aromatic rings. The lowest BCUT2D eigenvalue weighted by molar-refractivity contribution is 0.119. The highest BCUT2D eigenvalue weighted by molar-refractivity contribution is 7.09. The van der Waals surface area contributed by atoms with Gasteiger partial charge in [-0.2, -0.15) is 0 Å². The van der Waals surface area contributed by atoms with Gasteiger partial charge in [0.2, 0.25) is 0 Å². The Labute approximate surface area is 151 Å². The predicted molar refractivity (Wildman–Crippen MR) is 98.7 cm³/mol. The third kappa shape index (κ3) is 3.34. The van der Waals surface area contributed by atoms with Crippen LogP contribution in [0.1, 0.15) is 35.2 Å². The molecule has 0 atom stereocenters. The maximum Gasteiger partial charge on any atom is 0.167 e. The molecule has 0 bridgehead atoms. The normalized spacial score (nSPS) is 19.7. The summed E-state index contributed by atoms with van der Waals surface area (Å²) in [5.74, 6) is 0.771. The van der Waals surface area contributed by atoms with Crippen molar-refractivity contribution in [2.75, 3.05) is 26.2 Å². The van der Waals surface area contributed by atoms with E-state index in [9.17, 15) is 0 Å². The molecule has 6 heteroatoms. The van der Waals surface area contributed by atoms with E-state index in [0.29, 0.717) is 0 Å². The molecule has 130 valence electrons. The van der Waals surface area contributed by atoms with Crippen molar-refractivity contribution in [2.24, 2.45) is 0 Å². The third-order valence-electron chi connectivity index (χ3n) is 5.17. The van der Waals surface area contributed by atoms with E-state index in [1.54, 1.807) is 0 Å². The fourth-order valence-corrected chi connectivity index (χ4v) is 4.49. The van der Waals surface area contributed by atoms with Crippen LogP contribution < -0.4 is 0 Å². The highest BCUT2D eigenvalue weighted by atomic mass is 32.1. The summed E-state index contributed by atoms with van der Waals surface area (Å²) < 4.78 is 5.42. The number of piperazine rings is 1. The molecule has 1 aliphatic heterocycles. The van der Waals surface area contributed by atoms with Crippen LogP contribution in [0, 0.1) is 0 Å². The van der Waals surface area contributed by atoms with Crippen molar-refractivity contribution in [2.45, 2.75) is 31.8 Å². The van der Waals surface area contributed by atoms with E-state index >= 15 is 0 Å². The molecule has 2 aromatic heterocycles. The van der Waals surface area contributed by atoms with Gasteiger partial charge in [-0.25, -0.2) is 4.98 Å². The Balaban J connectivity index is 1.17. The molecule has 0 spiro atoms. The van der Waals surface area contributed by atoms with Crippen LogP contribution in [0.5, 0.6) is 0 Å². The Morgan fingerprint density at radius 1 is 1.04 bits per heavy atom. The van der Waals surface area contributed by atoms with Gasteiger partial charge in [-0.3, -0.25) is 9.80 Å². The summed E-state index contributed by atoms with van der Waals surface area (Å²) >= 11 is 1.85. The number of benzene rings is 1. The summed E-state index contributed by atoms with van der Waals surface area (Å²) in [4.78, 5) is 9.81. The average Bonchev–Trinajstić information content (AvgIpc) is 3.27. The molecular weight excluding hydrogens is 332 g/mol. The molecule has 2 aliphatic rings. The molecule has 5 nitrogen and oxygen atoms in total. The summed E-state index contributed by atoms with van der Waals surface area (Å²) in [6, 6.07) is 8.11. The molecule has 1 aromatic carbocycles. The summed E-state index contributed by atoms with van der Waals surface area (Å²) in [5.41, 5.74) is 3.19. The molecule has 0 radical (unpaired) electrons. The van der Waals surface area contributed by atoms with Gasteiger partial charge in [-0.05, 0) is 25.0 Å². The van der Waals surface area contributed by atoms with E-state index in [4.69, 9.17) is 9.51 Å². The topological polar surface area (TPSA) is 45.4 Å². The number of aromatic nitrogens is 2. The van der Waals surface area contributed by atoms with Crippen LogP contribution in [-0.2, 0) is 13.1 Å². The lowest BCUT2D eigenvalue weighted by atomic mass is 10.2. The van der Waals surface area contributed by atoms with Crippen molar-refractivity contribution < 1.29 is 4.52 Å². The smallest absolute Gasteiger partial charge is 0.167 e. The SMILES string of the molecule is c1ccc2c(CN3CCN(Cc4csc(C5CC5)n4)CC3)noc2c1. The molecule has 25 heavy (non-hydrogen) atoms. The highest BCUT2D eigenvalue weighted by Gasteiger charge is 2.27. The lowest BCUT2D eigenvalue weighted by Crippen LogP contribution is -2.45. The van der Waals surface area contributed by atoms with Gasteiger partial charge in [0.1, 0.15) is 5.69 Å². The number of rotatable bonds is 5. The van der Waals surface area contributed by atoms with Gasteiger partial charge >= 0.3 is 0 Å². The zero-order valence-corrected chi connectivity index (χ0v) is 15.0. The van der Waals surface area contributed by atoms with E-state index < -0.39 is 0 Å². The first-order valence-corrected chi connectivity index (χ1v) is 9.95. The van der Waals surface area contributed by atoms with Gasteiger partial charge in [0.05, 0.1) is 10.7 Å². The maximum atomic E-state index is 5.42. The third-order valence-corrected chi connectivity index (χ3v) is 6.23. The molecule has 0 unspecified atom stereocenters. The van der Waals surface area contributed by atoms with Crippen LogP contribution in [0.15, 0.2) is 34.2 Å². The summed E-state index contributed by atoms with van der Waals surface area (Å²) in [7, 11) is 0. The zero-order valence-electron chi connectivity index (χ0n) is 14.2. The van der Waals surface area contributed by atoms with Gasteiger partial charge in [-0.1, -0.05) is 17.3 Å². The minimum Gasteiger partial charge on any atom is -0.356 e. The zero-order chi connectivity index (χ0) is 16.6. The molecule has 5 rings (SSSR count). The van der Waals surface area contributed by atoms with Crippen LogP contribution in [0.2, 0.25) is 0 Å². The summed E-state index contributed by atoms with van der Waals surface area (Å²) in [6.45, 7) is 6.18. The molecule has 1 saturated carbocycles. The quantitative estimate of drug-likeness (QED) is 0.702. The minimum atomic E-state index is 0.771. The Morgan fingerprint density at radius 3 is 2.60 bits per heavy atom. The fraction of sp³-hybridized carbons (Fsp3) is 0.474. The number of thiazole rings is 1. The van der Waals surface area contributed by atoms with E-state index in [-0.39, 0.29) is 0 Å². The maximum absolute atomic E-state index is 5.42. The summed E-state index contributed by atoms with van der Waals surface area (Å²) in [6.07, 6.45) is 2.67. The van der Waals surface area contributed by atoms with Crippen LogP contribution >= 0.6 is 11.3 Å². The van der Waals surface area contributed by atoms with Crippen LogP contribution in [0.25, 0.3) is 11.0 Å². The molecule has 1 aliphatic carbocycles. The van der Waals surface area contributed by atoms with Crippen molar-refractivity contribution in [3.8, 4) is 0 Å². The second kappa shape index (κ2) is 6.52. The summed E-state index contributed by atoms with van der Waals surface area (Å²) in [5, 5.41) is 9.01. The van der Waals surface area contributed by atoms with Gasteiger partial charge < -0.3 is 4.52 Å². The number of hydrogen-bond donors (Lipinski definition) is 0. The first-order valence-electron chi connectivity index (χ1n) is 9.07. The van der Waals surface area contributed by atoms with E-state index in [0.717, 1.165) is 61.8 Å². The van der Waals surface area contributed by atoms with Gasteiger partial charge in [-0.15, -0.1) is 11.3 Å². The number of fused-ring (bicyclic) bond motifs is 1. The number of para-hydroxylation sites is 1. The molecule has 3 heterocycles. The van der Waals surface area contributed by atoms with Crippen LogP contribution in [-0.4, -0.2) is 46.1 Å². The number of nitrogens with zero attached hydrogens (tertiary/aromatic N) is 4. The molecular formula is C19H22N4OS. The molecule has 1 saturated heterocycles. The van der Waals surface area contributed by atoms with Gasteiger partial charge in [0.15, 0.2) is 5.58 Å². The van der Waals surface area contributed by atoms with E-state index in [2.05, 4.69) is 26.4 Å². The van der Waals surface area contributed by atoms with Gasteiger partial charge in [0.25, 0.3) is 0 Å². The Hall–Kier alpha value is -1.76. The highest BCUT2D eigenvalue weighted by Crippen LogP contribution is 2.41. The first-order chi connectivity index (χ1) is 12.3. The second-order valence-electron chi connectivity index (χ2n) is 7.13. The van der Waals surface area contributed by atoms with Gasteiger partial charge in [0, 0.05) is 56.0 Å². The van der Waals surface area contributed by atoms with Crippen molar-refractivity contribution in [3.63, 3.8) is 0 Å². The van der Waals surface area contributed by atoms with Crippen LogP contribution in [0.3, 0.4) is 0 Å². The monoisotopic (exact) mass is 354 g/mol.